The Morgan fingerprint density at radius 2 is 1.95 bits per heavy atom. The predicted octanol–water partition coefficient (Wildman–Crippen LogP) is 0.904. The van der Waals surface area contributed by atoms with Gasteiger partial charge in [-0.25, -0.2) is 13.2 Å². The van der Waals surface area contributed by atoms with Crippen molar-refractivity contribution >= 4 is 27.4 Å². The third-order valence-electron chi connectivity index (χ3n) is 2.63. The van der Waals surface area contributed by atoms with Crippen LogP contribution in [0.4, 0.5) is 5.69 Å². The van der Waals surface area contributed by atoms with Gasteiger partial charge in [0.2, 0.25) is 5.91 Å². The van der Waals surface area contributed by atoms with Crippen LogP contribution >= 0.6 is 0 Å². The van der Waals surface area contributed by atoms with E-state index >= 15 is 0 Å². The first-order chi connectivity index (χ1) is 9.77. The van der Waals surface area contributed by atoms with E-state index in [0.29, 0.717) is 5.56 Å². The van der Waals surface area contributed by atoms with E-state index in [9.17, 15) is 18.0 Å². The van der Waals surface area contributed by atoms with Crippen LogP contribution < -0.4 is 5.32 Å². The maximum Gasteiger partial charge on any atom is 0.335 e. The molecule has 8 heteroatoms. The normalized spacial score (nSPS) is 11.1. The average Bonchev–Trinajstić information content (AvgIpc) is 2.38. The zero-order valence-electron chi connectivity index (χ0n) is 11.8. The molecule has 116 valence electrons. The summed E-state index contributed by atoms with van der Waals surface area (Å²) in [5.74, 6) is -2.63. The number of aromatic carboxylic acids is 1. The lowest BCUT2D eigenvalue weighted by molar-refractivity contribution is -0.113. The standard InChI is InChI=1S/C13H17NO6S/c1-3-21(18,19)8-12(15)14-11-5-9(7-20-2)4-10(6-11)13(16)17/h4-6H,3,7-8H2,1-2H3,(H,14,15)(H,16,17). The molecular formula is C13H17NO6S. The second kappa shape index (κ2) is 7.19. The number of anilines is 1. The quantitative estimate of drug-likeness (QED) is 0.773. The highest BCUT2D eigenvalue weighted by Crippen LogP contribution is 2.16. The molecule has 0 radical (unpaired) electrons. The van der Waals surface area contributed by atoms with E-state index in [1.165, 1.54) is 32.2 Å². The maximum absolute atomic E-state index is 11.7. The number of nitrogens with one attached hydrogen (secondary N) is 1. The molecule has 0 fully saturated rings. The van der Waals surface area contributed by atoms with Gasteiger partial charge < -0.3 is 15.2 Å². The van der Waals surface area contributed by atoms with E-state index in [4.69, 9.17) is 9.84 Å². The first kappa shape index (κ1) is 17.1. The van der Waals surface area contributed by atoms with Gasteiger partial charge >= 0.3 is 5.97 Å². The van der Waals surface area contributed by atoms with Crippen LogP contribution in [0.25, 0.3) is 0 Å². The topological polar surface area (TPSA) is 110 Å². The van der Waals surface area contributed by atoms with Crippen LogP contribution in [0.15, 0.2) is 18.2 Å². The number of carboxylic acid groups (broad SMARTS) is 1. The van der Waals surface area contributed by atoms with Crippen LogP contribution in [0.5, 0.6) is 0 Å². The zero-order valence-corrected chi connectivity index (χ0v) is 12.6. The Balaban J connectivity index is 2.96. The summed E-state index contributed by atoms with van der Waals surface area (Å²) in [6, 6.07) is 4.22. The summed E-state index contributed by atoms with van der Waals surface area (Å²) in [6.45, 7) is 1.63. The highest BCUT2D eigenvalue weighted by molar-refractivity contribution is 7.92. The number of sulfone groups is 1. The molecule has 1 aromatic rings. The van der Waals surface area contributed by atoms with Crippen LogP contribution in [0.1, 0.15) is 22.8 Å². The number of rotatable bonds is 7. The molecule has 0 heterocycles. The minimum atomic E-state index is -3.44. The van der Waals surface area contributed by atoms with Crippen LogP contribution in [0.3, 0.4) is 0 Å². The molecule has 0 aliphatic heterocycles. The van der Waals surface area contributed by atoms with Gasteiger partial charge in [0.25, 0.3) is 0 Å². The molecule has 0 saturated carbocycles. The molecule has 0 saturated heterocycles. The van der Waals surface area contributed by atoms with Crippen LogP contribution in [0, 0.1) is 0 Å². The lowest BCUT2D eigenvalue weighted by Crippen LogP contribution is -2.24. The van der Waals surface area contributed by atoms with E-state index < -0.39 is 27.5 Å². The van der Waals surface area contributed by atoms with E-state index in [2.05, 4.69) is 5.32 Å². The van der Waals surface area contributed by atoms with E-state index in [1.807, 2.05) is 0 Å². The van der Waals surface area contributed by atoms with Gasteiger partial charge in [0.15, 0.2) is 9.84 Å². The van der Waals surface area contributed by atoms with Crippen molar-refractivity contribution in [3.63, 3.8) is 0 Å². The Bertz CT molecular complexity index is 638. The van der Waals surface area contributed by atoms with Crippen LogP contribution in [0.2, 0.25) is 0 Å². The predicted molar refractivity (Wildman–Crippen MR) is 77.1 cm³/mol. The molecule has 0 aromatic heterocycles. The average molecular weight is 315 g/mol. The number of benzene rings is 1. The number of methoxy groups -OCH3 is 1. The molecule has 0 spiro atoms. The number of carboxylic acids is 1. The van der Waals surface area contributed by atoms with Gasteiger partial charge in [-0.2, -0.15) is 0 Å². The monoisotopic (exact) mass is 315 g/mol. The van der Waals surface area contributed by atoms with Gasteiger partial charge in [-0.05, 0) is 23.8 Å². The summed E-state index contributed by atoms with van der Waals surface area (Å²) in [6.07, 6.45) is 0. The Hall–Kier alpha value is -1.93. The zero-order chi connectivity index (χ0) is 16.0. The summed E-state index contributed by atoms with van der Waals surface area (Å²) in [5, 5.41) is 11.4. The van der Waals surface area contributed by atoms with Crippen molar-refractivity contribution < 1.29 is 27.9 Å². The molecule has 1 rings (SSSR count). The fourth-order valence-electron chi connectivity index (χ4n) is 1.64. The van der Waals surface area contributed by atoms with Crippen LogP contribution in [-0.4, -0.2) is 44.0 Å². The Morgan fingerprint density at radius 1 is 1.29 bits per heavy atom. The van der Waals surface area contributed by atoms with Crippen molar-refractivity contribution in [1.82, 2.24) is 0 Å². The summed E-state index contributed by atoms with van der Waals surface area (Å²) in [7, 11) is -1.98. The lowest BCUT2D eigenvalue weighted by atomic mass is 10.1. The lowest BCUT2D eigenvalue weighted by Gasteiger charge is -2.09. The van der Waals surface area contributed by atoms with Crippen molar-refractivity contribution in [2.75, 3.05) is 23.9 Å². The minimum Gasteiger partial charge on any atom is -0.478 e. The molecule has 7 nitrogen and oxygen atoms in total. The van der Waals surface area contributed by atoms with Gasteiger partial charge in [0, 0.05) is 18.6 Å². The number of carbonyl (C=O) groups is 2. The summed E-state index contributed by atoms with van der Waals surface area (Å²) in [5.41, 5.74) is 0.766. The molecule has 0 aliphatic carbocycles. The first-order valence-corrected chi connectivity index (χ1v) is 7.96. The Kier molecular flexibility index (Phi) is 5.86. The van der Waals surface area contributed by atoms with Crippen molar-refractivity contribution in [3.05, 3.63) is 29.3 Å². The van der Waals surface area contributed by atoms with Gasteiger partial charge in [-0.3, -0.25) is 4.79 Å². The number of hydrogen-bond acceptors (Lipinski definition) is 5. The number of ether oxygens (including phenoxy) is 1. The first-order valence-electron chi connectivity index (χ1n) is 6.14. The highest BCUT2D eigenvalue weighted by atomic mass is 32.2. The second-order valence-electron chi connectivity index (χ2n) is 4.38. The Labute approximate surface area is 122 Å². The fraction of sp³-hybridized carbons (Fsp3) is 0.385. The molecule has 1 amide bonds. The van der Waals surface area contributed by atoms with Gasteiger partial charge in [0.05, 0.1) is 12.2 Å². The third-order valence-corrected chi connectivity index (χ3v) is 4.21. The van der Waals surface area contributed by atoms with E-state index in [-0.39, 0.29) is 23.6 Å². The van der Waals surface area contributed by atoms with Gasteiger partial charge in [0.1, 0.15) is 5.75 Å². The highest BCUT2D eigenvalue weighted by Gasteiger charge is 2.15. The van der Waals surface area contributed by atoms with Gasteiger partial charge in [-0.15, -0.1) is 0 Å². The molecule has 21 heavy (non-hydrogen) atoms. The van der Waals surface area contributed by atoms with Crippen molar-refractivity contribution in [2.45, 2.75) is 13.5 Å². The summed E-state index contributed by atoms with van der Waals surface area (Å²) >= 11 is 0. The summed E-state index contributed by atoms with van der Waals surface area (Å²) in [4.78, 5) is 22.7. The molecule has 2 N–H and O–H groups in total. The summed E-state index contributed by atoms with van der Waals surface area (Å²) < 4.78 is 27.7. The van der Waals surface area contributed by atoms with Crippen molar-refractivity contribution in [3.8, 4) is 0 Å². The molecular weight excluding hydrogens is 298 g/mol. The molecule has 0 unspecified atom stereocenters. The SMILES string of the molecule is CCS(=O)(=O)CC(=O)Nc1cc(COC)cc(C(=O)O)c1. The smallest absolute Gasteiger partial charge is 0.335 e. The van der Waals surface area contributed by atoms with Crippen molar-refractivity contribution in [2.24, 2.45) is 0 Å². The third kappa shape index (κ3) is 5.52. The number of hydrogen-bond donors (Lipinski definition) is 2. The second-order valence-corrected chi connectivity index (χ2v) is 6.73. The molecule has 0 bridgehead atoms. The fourth-order valence-corrected chi connectivity index (χ4v) is 2.31. The number of amides is 1. The maximum atomic E-state index is 11.7. The Morgan fingerprint density at radius 3 is 2.48 bits per heavy atom. The molecule has 1 aromatic carbocycles. The van der Waals surface area contributed by atoms with E-state index in [0.717, 1.165) is 0 Å². The molecule has 0 atom stereocenters. The number of carbonyl (C=O) groups excluding carboxylic acids is 1. The van der Waals surface area contributed by atoms with Crippen LogP contribution in [-0.2, 0) is 26.0 Å². The van der Waals surface area contributed by atoms with Crippen molar-refractivity contribution in [1.29, 1.82) is 0 Å². The molecule has 0 aliphatic rings. The van der Waals surface area contributed by atoms with E-state index in [1.54, 1.807) is 0 Å². The minimum absolute atomic E-state index is 0.0156. The largest absolute Gasteiger partial charge is 0.478 e. The van der Waals surface area contributed by atoms with Gasteiger partial charge in [-0.1, -0.05) is 6.92 Å².